The number of carbonyl (C=O) groups excluding carboxylic acids is 1. The second-order valence-corrected chi connectivity index (χ2v) is 6.64. The van der Waals surface area contributed by atoms with Gasteiger partial charge in [-0.05, 0) is 37.3 Å². The second kappa shape index (κ2) is 7.25. The van der Waals surface area contributed by atoms with E-state index in [0.29, 0.717) is 28.5 Å². The predicted molar refractivity (Wildman–Crippen MR) is 111 cm³/mol. The molecule has 0 radical (unpaired) electrons. The predicted octanol–water partition coefficient (Wildman–Crippen LogP) is 4.03. The maximum atomic E-state index is 12.7. The lowest BCUT2D eigenvalue weighted by Crippen LogP contribution is -2.14. The fourth-order valence-corrected chi connectivity index (χ4v) is 3.02. The summed E-state index contributed by atoms with van der Waals surface area (Å²) >= 11 is 0. The van der Waals surface area contributed by atoms with Gasteiger partial charge in [0.05, 0.1) is 23.3 Å². The Morgan fingerprint density at radius 2 is 1.73 bits per heavy atom. The number of aromatic nitrogens is 5. The van der Waals surface area contributed by atoms with Crippen LogP contribution in [0.1, 0.15) is 16.2 Å². The van der Waals surface area contributed by atoms with Crippen molar-refractivity contribution in [1.29, 1.82) is 0 Å². The van der Waals surface area contributed by atoms with Gasteiger partial charge in [-0.3, -0.25) is 4.79 Å². The Balaban J connectivity index is 1.42. The fraction of sp³-hybridized carbons (Fsp3) is 0.0455. The van der Waals surface area contributed by atoms with Crippen LogP contribution in [0.4, 0.5) is 5.69 Å². The van der Waals surface area contributed by atoms with Gasteiger partial charge >= 0.3 is 0 Å². The Hall–Kier alpha value is -4.33. The van der Waals surface area contributed by atoms with E-state index in [1.807, 2.05) is 60.7 Å². The molecular weight excluding hydrogens is 380 g/mol. The largest absolute Gasteiger partial charge is 0.418 e. The molecule has 146 valence electrons. The Bertz CT molecular complexity index is 1340. The molecule has 2 aromatic carbocycles. The zero-order chi connectivity index (χ0) is 20.5. The number of pyridine rings is 1. The Kier molecular flexibility index (Phi) is 4.29. The molecule has 1 N–H and O–H groups in total. The molecule has 5 aromatic rings. The minimum absolute atomic E-state index is 0.198. The number of nitrogens with one attached hydrogen (secondary N) is 1. The van der Waals surface area contributed by atoms with Crippen LogP contribution in [-0.4, -0.2) is 30.9 Å². The summed E-state index contributed by atoms with van der Waals surface area (Å²) in [6.07, 6.45) is 1.42. The first-order valence-corrected chi connectivity index (χ1v) is 9.30. The third-order valence-corrected chi connectivity index (χ3v) is 4.56. The van der Waals surface area contributed by atoms with Crippen molar-refractivity contribution in [3.8, 4) is 17.1 Å². The zero-order valence-corrected chi connectivity index (χ0v) is 16.0. The van der Waals surface area contributed by atoms with Crippen molar-refractivity contribution < 1.29 is 9.21 Å². The van der Waals surface area contributed by atoms with E-state index in [2.05, 4.69) is 25.5 Å². The van der Waals surface area contributed by atoms with Gasteiger partial charge in [0, 0.05) is 5.56 Å². The summed E-state index contributed by atoms with van der Waals surface area (Å²) in [5, 5.41) is 11.2. The maximum Gasteiger partial charge on any atom is 0.277 e. The first-order chi connectivity index (χ1) is 14.7. The van der Waals surface area contributed by atoms with Crippen LogP contribution < -0.4 is 5.32 Å². The van der Waals surface area contributed by atoms with Gasteiger partial charge in [0.2, 0.25) is 11.6 Å². The molecular formula is C22H16N6O2. The van der Waals surface area contributed by atoms with E-state index in [4.69, 9.17) is 4.42 Å². The smallest absolute Gasteiger partial charge is 0.277 e. The molecule has 0 aliphatic heterocycles. The van der Waals surface area contributed by atoms with E-state index in [1.165, 1.54) is 11.0 Å². The Morgan fingerprint density at radius 1 is 1.00 bits per heavy atom. The van der Waals surface area contributed by atoms with E-state index >= 15 is 0 Å². The van der Waals surface area contributed by atoms with Gasteiger partial charge in [-0.1, -0.05) is 36.4 Å². The molecule has 5 rings (SSSR count). The minimum atomic E-state index is -0.381. The molecule has 0 spiro atoms. The Labute approximate surface area is 171 Å². The molecule has 3 heterocycles. The van der Waals surface area contributed by atoms with Crippen LogP contribution in [-0.2, 0) is 0 Å². The first kappa shape index (κ1) is 17.7. The number of aryl methyl sites for hydroxylation is 1. The van der Waals surface area contributed by atoms with Crippen molar-refractivity contribution in [3.05, 3.63) is 84.3 Å². The SMILES string of the molecule is Cc1nc2oc(-c3ccccc3)nc2cc1NC(=O)c1cnn(-c2ccccc2)n1. The molecule has 0 bridgehead atoms. The van der Waals surface area contributed by atoms with E-state index in [-0.39, 0.29) is 11.6 Å². The molecule has 8 nitrogen and oxygen atoms in total. The van der Waals surface area contributed by atoms with Crippen LogP contribution in [0.3, 0.4) is 0 Å². The first-order valence-electron chi connectivity index (χ1n) is 9.30. The Morgan fingerprint density at radius 3 is 2.50 bits per heavy atom. The highest BCUT2D eigenvalue weighted by Crippen LogP contribution is 2.26. The highest BCUT2D eigenvalue weighted by atomic mass is 16.4. The zero-order valence-electron chi connectivity index (χ0n) is 16.0. The molecule has 0 aliphatic carbocycles. The van der Waals surface area contributed by atoms with Crippen molar-refractivity contribution in [2.75, 3.05) is 5.32 Å². The molecule has 30 heavy (non-hydrogen) atoms. The lowest BCUT2D eigenvalue weighted by Gasteiger charge is -2.05. The van der Waals surface area contributed by atoms with E-state index in [9.17, 15) is 4.79 Å². The number of amides is 1. The second-order valence-electron chi connectivity index (χ2n) is 6.64. The number of hydrogen-bond donors (Lipinski definition) is 1. The normalized spacial score (nSPS) is 11.0. The maximum absolute atomic E-state index is 12.7. The van der Waals surface area contributed by atoms with Crippen molar-refractivity contribution in [3.63, 3.8) is 0 Å². The van der Waals surface area contributed by atoms with Gasteiger partial charge in [-0.25, -0.2) is 9.97 Å². The number of nitrogens with zero attached hydrogens (tertiary/aromatic N) is 5. The van der Waals surface area contributed by atoms with Gasteiger partial charge in [0.25, 0.3) is 5.91 Å². The molecule has 0 unspecified atom stereocenters. The summed E-state index contributed by atoms with van der Waals surface area (Å²) < 4.78 is 5.77. The number of oxazole rings is 1. The molecule has 0 atom stereocenters. The highest BCUT2D eigenvalue weighted by Gasteiger charge is 2.16. The highest BCUT2D eigenvalue weighted by molar-refractivity contribution is 6.03. The molecule has 1 amide bonds. The van der Waals surface area contributed by atoms with Gasteiger partial charge in [-0.15, -0.1) is 5.10 Å². The molecule has 8 heteroatoms. The van der Waals surface area contributed by atoms with Crippen molar-refractivity contribution >= 4 is 22.8 Å². The average Bonchev–Trinajstić information content (AvgIpc) is 3.43. The van der Waals surface area contributed by atoms with Crippen molar-refractivity contribution in [1.82, 2.24) is 25.0 Å². The van der Waals surface area contributed by atoms with Gasteiger partial charge in [0.15, 0.2) is 5.69 Å². The average molecular weight is 396 g/mol. The van der Waals surface area contributed by atoms with Crippen LogP contribution in [0.5, 0.6) is 0 Å². The quantitative estimate of drug-likeness (QED) is 0.492. The number of para-hydroxylation sites is 1. The van der Waals surface area contributed by atoms with Gasteiger partial charge in [-0.2, -0.15) is 9.90 Å². The standard InChI is InChI=1S/C22H16N6O2/c1-14-17(12-18-22(24-14)30-21(26-18)15-8-4-2-5-9-15)25-20(29)19-13-23-28(27-19)16-10-6-3-7-11-16/h2-13H,1H3,(H,25,29). The number of benzene rings is 2. The summed E-state index contributed by atoms with van der Waals surface area (Å²) in [6, 6.07) is 20.7. The number of hydrogen-bond acceptors (Lipinski definition) is 6. The summed E-state index contributed by atoms with van der Waals surface area (Å²) in [5.74, 6) is 0.0972. The van der Waals surface area contributed by atoms with Gasteiger partial charge < -0.3 is 9.73 Å². The summed E-state index contributed by atoms with van der Waals surface area (Å²) in [6.45, 7) is 1.79. The number of anilines is 1. The molecule has 3 aromatic heterocycles. The lowest BCUT2D eigenvalue weighted by molar-refractivity contribution is 0.102. The van der Waals surface area contributed by atoms with Crippen LogP contribution >= 0.6 is 0 Å². The molecule has 0 fully saturated rings. The molecule has 0 saturated heterocycles. The monoisotopic (exact) mass is 396 g/mol. The van der Waals surface area contributed by atoms with Gasteiger partial charge in [0.1, 0.15) is 5.52 Å². The van der Waals surface area contributed by atoms with E-state index in [1.54, 1.807) is 13.0 Å². The third kappa shape index (κ3) is 3.30. The van der Waals surface area contributed by atoms with Crippen LogP contribution in [0.15, 0.2) is 77.3 Å². The fourth-order valence-electron chi connectivity index (χ4n) is 3.02. The number of fused-ring (bicyclic) bond motifs is 1. The topological polar surface area (TPSA) is 98.7 Å². The summed E-state index contributed by atoms with van der Waals surface area (Å²) in [7, 11) is 0. The number of rotatable bonds is 4. The van der Waals surface area contributed by atoms with E-state index in [0.717, 1.165) is 11.3 Å². The van der Waals surface area contributed by atoms with Crippen LogP contribution in [0, 0.1) is 6.92 Å². The van der Waals surface area contributed by atoms with Crippen LogP contribution in [0.2, 0.25) is 0 Å². The minimum Gasteiger partial charge on any atom is -0.418 e. The summed E-state index contributed by atoms with van der Waals surface area (Å²) in [4.78, 5) is 23.0. The third-order valence-electron chi connectivity index (χ3n) is 4.56. The van der Waals surface area contributed by atoms with Crippen LogP contribution in [0.25, 0.3) is 28.4 Å². The summed E-state index contributed by atoms with van der Waals surface area (Å²) in [5.41, 5.74) is 3.95. The van der Waals surface area contributed by atoms with E-state index < -0.39 is 0 Å². The molecule has 0 saturated carbocycles. The van der Waals surface area contributed by atoms with Crippen molar-refractivity contribution in [2.24, 2.45) is 0 Å². The number of carbonyl (C=O) groups is 1. The lowest BCUT2D eigenvalue weighted by atomic mass is 10.2. The van der Waals surface area contributed by atoms with Crippen molar-refractivity contribution in [2.45, 2.75) is 6.92 Å². The molecule has 0 aliphatic rings.